The zero-order chi connectivity index (χ0) is 19.9. The molecule has 1 N–H and O–H groups in total. The highest BCUT2D eigenvalue weighted by Crippen LogP contribution is 2.22. The minimum atomic E-state index is 0.656. The van der Waals surface area contributed by atoms with E-state index in [0.29, 0.717) is 11.8 Å². The van der Waals surface area contributed by atoms with E-state index >= 15 is 0 Å². The molecule has 5 nitrogen and oxygen atoms in total. The van der Waals surface area contributed by atoms with Gasteiger partial charge in [-0.2, -0.15) is 0 Å². The number of hydrogen-bond donors (Lipinski definition) is 1. The summed E-state index contributed by atoms with van der Waals surface area (Å²) in [6, 6.07) is 10.1. The van der Waals surface area contributed by atoms with Crippen LogP contribution < -0.4 is 5.32 Å². The number of pyridine rings is 2. The molecule has 0 aliphatic carbocycles. The van der Waals surface area contributed by atoms with Gasteiger partial charge in [0.1, 0.15) is 22.3 Å². The van der Waals surface area contributed by atoms with Crippen LogP contribution in [0.25, 0.3) is 10.7 Å². The van der Waals surface area contributed by atoms with Crippen molar-refractivity contribution >= 4 is 23.0 Å². The van der Waals surface area contributed by atoms with Gasteiger partial charge in [0.15, 0.2) is 0 Å². The molecule has 3 aromatic heterocycles. The van der Waals surface area contributed by atoms with Gasteiger partial charge in [-0.05, 0) is 35.6 Å². The van der Waals surface area contributed by atoms with Crippen molar-refractivity contribution in [2.45, 2.75) is 34.2 Å². The molecule has 148 valence electrons. The van der Waals surface area contributed by atoms with Crippen molar-refractivity contribution in [1.82, 2.24) is 19.9 Å². The summed E-state index contributed by atoms with van der Waals surface area (Å²) in [7, 11) is 0. The standard InChI is InChI=1S/C22H29N5S/c1-16(2)13-27(14-17(3)4)15-18-8-9-20(24-12-18)26-21-7-5-6-19(25-21)22-23-10-11-28-22/h5-12,16-17H,13-15H2,1-4H3,(H,24,25,26). The normalized spacial score (nSPS) is 11.5. The lowest BCUT2D eigenvalue weighted by Gasteiger charge is -2.26. The van der Waals surface area contributed by atoms with Crippen molar-refractivity contribution < 1.29 is 0 Å². The van der Waals surface area contributed by atoms with Crippen LogP contribution in [0.3, 0.4) is 0 Å². The third kappa shape index (κ3) is 6.11. The van der Waals surface area contributed by atoms with Gasteiger partial charge in [-0.3, -0.25) is 4.90 Å². The van der Waals surface area contributed by atoms with Crippen molar-refractivity contribution in [3.63, 3.8) is 0 Å². The number of nitrogens with one attached hydrogen (secondary N) is 1. The zero-order valence-corrected chi connectivity index (χ0v) is 17.9. The lowest BCUT2D eigenvalue weighted by Crippen LogP contribution is -2.30. The summed E-state index contributed by atoms with van der Waals surface area (Å²) >= 11 is 1.59. The summed E-state index contributed by atoms with van der Waals surface area (Å²) in [5.41, 5.74) is 2.10. The second-order valence-electron chi connectivity index (χ2n) is 7.90. The molecule has 0 fully saturated rings. The second kappa shape index (κ2) is 9.75. The summed E-state index contributed by atoms with van der Waals surface area (Å²) in [4.78, 5) is 16.1. The van der Waals surface area contributed by atoms with E-state index < -0.39 is 0 Å². The molecule has 6 heteroatoms. The van der Waals surface area contributed by atoms with E-state index in [4.69, 9.17) is 0 Å². The van der Waals surface area contributed by atoms with Crippen LogP contribution in [-0.2, 0) is 6.54 Å². The Bertz CT molecular complexity index is 834. The van der Waals surface area contributed by atoms with E-state index in [-0.39, 0.29) is 0 Å². The average Bonchev–Trinajstić information content (AvgIpc) is 3.17. The Hall–Kier alpha value is -2.31. The Morgan fingerprint density at radius 3 is 2.36 bits per heavy atom. The lowest BCUT2D eigenvalue weighted by molar-refractivity contribution is 0.211. The van der Waals surface area contributed by atoms with Crippen LogP contribution in [0.5, 0.6) is 0 Å². The fourth-order valence-electron chi connectivity index (χ4n) is 3.19. The van der Waals surface area contributed by atoms with Crippen molar-refractivity contribution in [2.75, 3.05) is 18.4 Å². The molecular formula is C22H29N5S. The Labute approximate surface area is 171 Å². The first-order valence-corrected chi connectivity index (χ1v) is 10.7. The predicted molar refractivity (Wildman–Crippen MR) is 118 cm³/mol. The Kier molecular flexibility index (Phi) is 7.12. The molecule has 28 heavy (non-hydrogen) atoms. The molecule has 0 aliphatic rings. The van der Waals surface area contributed by atoms with E-state index in [2.05, 4.69) is 58.9 Å². The maximum atomic E-state index is 4.64. The van der Waals surface area contributed by atoms with Crippen LogP contribution in [0.4, 0.5) is 11.6 Å². The topological polar surface area (TPSA) is 53.9 Å². The maximum absolute atomic E-state index is 4.64. The highest BCUT2D eigenvalue weighted by atomic mass is 32.1. The fourth-order valence-corrected chi connectivity index (χ4v) is 3.80. The fraction of sp³-hybridized carbons (Fsp3) is 0.409. The molecule has 0 unspecified atom stereocenters. The van der Waals surface area contributed by atoms with Crippen LogP contribution in [0, 0.1) is 11.8 Å². The van der Waals surface area contributed by atoms with Gasteiger partial charge in [-0.15, -0.1) is 11.3 Å². The Balaban J connectivity index is 1.65. The smallest absolute Gasteiger partial charge is 0.141 e. The van der Waals surface area contributed by atoms with Crippen LogP contribution in [0.1, 0.15) is 33.3 Å². The van der Waals surface area contributed by atoms with Gasteiger partial charge >= 0.3 is 0 Å². The quantitative estimate of drug-likeness (QED) is 0.521. The lowest BCUT2D eigenvalue weighted by atomic mass is 10.1. The van der Waals surface area contributed by atoms with Gasteiger partial charge in [0.05, 0.1) is 0 Å². The molecule has 0 bridgehead atoms. The first-order valence-electron chi connectivity index (χ1n) is 9.81. The Morgan fingerprint density at radius 1 is 0.964 bits per heavy atom. The molecule has 0 spiro atoms. The molecule has 0 amide bonds. The van der Waals surface area contributed by atoms with Gasteiger partial charge in [-0.1, -0.05) is 39.8 Å². The van der Waals surface area contributed by atoms with E-state index in [1.165, 1.54) is 5.56 Å². The average molecular weight is 396 g/mol. The molecule has 0 atom stereocenters. The van der Waals surface area contributed by atoms with E-state index in [1.807, 2.05) is 35.8 Å². The molecule has 3 aromatic rings. The summed E-state index contributed by atoms with van der Waals surface area (Å²) in [6.07, 6.45) is 3.75. The SMILES string of the molecule is CC(C)CN(Cc1ccc(Nc2cccc(-c3nccs3)n2)nc1)CC(C)C. The van der Waals surface area contributed by atoms with Gasteiger partial charge in [0.25, 0.3) is 0 Å². The number of hydrogen-bond acceptors (Lipinski definition) is 6. The zero-order valence-electron chi connectivity index (χ0n) is 17.1. The number of anilines is 2. The van der Waals surface area contributed by atoms with Crippen LogP contribution in [0.2, 0.25) is 0 Å². The van der Waals surface area contributed by atoms with Gasteiger partial charge in [-0.25, -0.2) is 15.0 Å². The second-order valence-corrected chi connectivity index (χ2v) is 8.80. The number of nitrogens with zero attached hydrogens (tertiary/aromatic N) is 4. The first kappa shape index (κ1) is 20.4. The third-order valence-corrected chi connectivity index (χ3v) is 4.93. The van der Waals surface area contributed by atoms with Crippen LogP contribution in [0.15, 0.2) is 48.1 Å². The summed E-state index contributed by atoms with van der Waals surface area (Å²) in [5, 5.41) is 6.17. The summed E-state index contributed by atoms with van der Waals surface area (Å²) in [6.45, 7) is 12.2. The highest BCUT2D eigenvalue weighted by molar-refractivity contribution is 7.13. The number of thiazole rings is 1. The molecule has 3 rings (SSSR count). The third-order valence-electron chi connectivity index (χ3n) is 4.13. The van der Waals surface area contributed by atoms with Crippen LogP contribution >= 0.6 is 11.3 Å². The van der Waals surface area contributed by atoms with Gasteiger partial charge < -0.3 is 5.32 Å². The van der Waals surface area contributed by atoms with E-state index in [9.17, 15) is 0 Å². The number of rotatable bonds is 9. The molecular weight excluding hydrogens is 366 g/mol. The van der Waals surface area contributed by atoms with E-state index in [0.717, 1.165) is 42.0 Å². The Morgan fingerprint density at radius 2 is 1.75 bits per heavy atom. The van der Waals surface area contributed by atoms with E-state index in [1.54, 1.807) is 17.5 Å². The minimum absolute atomic E-state index is 0.656. The van der Waals surface area contributed by atoms with Crippen molar-refractivity contribution in [3.05, 3.63) is 53.7 Å². The molecule has 0 aromatic carbocycles. The maximum Gasteiger partial charge on any atom is 0.141 e. The molecule has 0 radical (unpaired) electrons. The van der Waals surface area contributed by atoms with Gasteiger partial charge in [0.2, 0.25) is 0 Å². The molecule has 3 heterocycles. The monoisotopic (exact) mass is 395 g/mol. The summed E-state index contributed by atoms with van der Waals surface area (Å²) < 4.78 is 0. The van der Waals surface area contributed by atoms with Crippen LogP contribution in [-0.4, -0.2) is 32.9 Å². The van der Waals surface area contributed by atoms with Crippen molar-refractivity contribution in [2.24, 2.45) is 11.8 Å². The first-order chi connectivity index (χ1) is 13.5. The minimum Gasteiger partial charge on any atom is -0.325 e. The molecule has 0 saturated carbocycles. The predicted octanol–water partition coefficient (Wildman–Crippen LogP) is 5.46. The molecule has 0 saturated heterocycles. The highest BCUT2D eigenvalue weighted by Gasteiger charge is 2.11. The van der Waals surface area contributed by atoms with Gasteiger partial charge in [0, 0.05) is 37.4 Å². The van der Waals surface area contributed by atoms with Crippen molar-refractivity contribution in [1.29, 1.82) is 0 Å². The summed E-state index contributed by atoms with van der Waals surface area (Å²) in [5.74, 6) is 2.88. The van der Waals surface area contributed by atoms with Crippen molar-refractivity contribution in [3.8, 4) is 10.7 Å². The number of aromatic nitrogens is 3. The molecule has 0 aliphatic heterocycles. The largest absolute Gasteiger partial charge is 0.325 e.